The SMILES string of the molecule is CC1(C)c2[c-]c(ccc2)C(C)(C)c2[c-]c(c(F)cc2F)C(C)(C)c2cccc(n2)C(C)(C)c2cccc1n2.[Pt+2]. The Morgan fingerprint density at radius 2 is 0.897 bits per heavy atom. The van der Waals surface area contributed by atoms with Crippen molar-refractivity contribution in [3.8, 4) is 0 Å². The minimum absolute atomic E-state index is 0. The van der Waals surface area contributed by atoms with E-state index in [0.29, 0.717) is 11.3 Å². The maximum Gasteiger partial charge on any atom is 2.00 e. The number of nitrogens with zero attached hydrogens (tertiary/aromatic N) is 2. The van der Waals surface area contributed by atoms with Gasteiger partial charge >= 0.3 is 21.1 Å². The van der Waals surface area contributed by atoms with E-state index >= 15 is 8.78 Å². The van der Waals surface area contributed by atoms with E-state index in [1.807, 2.05) is 82.3 Å². The molecule has 0 N–H and O–H groups in total. The van der Waals surface area contributed by atoms with Crippen LogP contribution in [0.1, 0.15) is 100 Å². The Balaban J connectivity index is 0.00000353. The van der Waals surface area contributed by atoms with Crippen molar-refractivity contribution >= 4 is 0 Å². The molecular weight excluding hydrogens is 669 g/mol. The summed E-state index contributed by atoms with van der Waals surface area (Å²) in [5, 5.41) is 0. The van der Waals surface area contributed by atoms with Gasteiger partial charge in [0.05, 0.1) is 11.4 Å². The van der Waals surface area contributed by atoms with E-state index in [9.17, 15) is 0 Å². The molecule has 8 bridgehead atoms. The molecule has 0 atom stereocenters. The van der Waals surface area contributed by atoms with Gasteiger partial charge in [-0.1, -0.05) is 53.7 Å². The Bertz CT molecular complexity index is 1440. The molecule has 2 nitrogen and oxygen atoms in total. The molecule has 2 aromatic heterocycles. The first-order valence-electron chi connectivity index (χ1n) is 13.1. The number of hydrogen-bond donors (Lipinski definition) is 0. The van der Waals surface area contributed by atoms with E-state index < -0.39 is 33.3 Å². The van der Waals surface area contributed by atoms with Crippen LogP contribution in [0.3, 0.4) is 0 Å². The summed E-state index contributed by atoms with van der Waals surface area (Å²) in [4.78, 5) is 10.2. The largest absolute Gasteiger partial charge is 2.00 e. The predicted octanol–water partition coefficient (Wildman–Crippen LogP) is 7.97. The molecule has 0 saturated heterocycles. The van der Waals surface area contributed by atoms with Gasteiger partial charge in [0.2, 0.25) is 0 Å². The van der Waals surface area contributed by atoms with E-state index in [1.165, 1.54) is 0 Å². The van der Waals surface area contributed by atoms with Gasteiger partial charge in [-0.15, -0.1) is 17.2 Å². The second-order valence-corrected chi connectivity index (χ2v) is 12.5. The molecule has 0 spiro atoms. The van der Waals surface area contributed by atoms with Crippen LogP contribution in [0.15, 0.2) is 60.7 Å². The van der Waals surface area contributed by atoms with Crippen molar-refractivity contribution in [2.75, 3.05) is 0 Å². The maximum absolute atomic E-state index is 15.5. The van der Waals surface area contributed by atoms with Gasteiger partial charge in [-0.05, 0) is 43.5 Å². The van der Waals surface area contributed by atoms with Crippen molar-refractivity contribution in [2.24, 2.45) is 0 Å². The summed E-state index contributed by atoms with van der Waals surface area (Å²) < 4.78 is 30.9. The monoisotopic (exact) mass is 703 g/mol. The van der Waals surface area contributed by atoms with Crippen LogP contribution in [0.2, 0.25) is 0 Å². The van der Waals surface area contributed by atoms with Gasteiger partial charge in [-0.2, -0.15) is 41.5 Å². The number of rotatable bonds is 0. The molecule has 5 heteroatoms. The van der Waals surface area contributed by atoms with Gasteiger partial charge in [-0.25, -0.2) is 0 Å². The van der Waals surface area contributed by atoms with Gasteiger partial charge in [0.15, 0.2) is 0 Å². The van der Waals surface area contributed by atoms with Crippen molar-refractivity contribution in [1.82, 2.24) is 9.97 Å². The smallest absolute Gasteiger partial charge is 0.284 e. The van der Waals surface area contributed by atoms with Crippen LogP contribution in [0.5, 0.6) is 0 Å². The summed E-state index contributed by atoms with van der Waals surface area (Å²) in [7, 11) is 0. The summed E-state index contributed by atoms with van der Waals surface area (Å²) in [6, 6.07) is 25.7. The molecule has 4 aromatic rings. The number of halogens is 2. The van der Waals surface area contributed by atoms with E-state index in [4.69, 9.17) is 9.97 Å². The third kappa shape index (κ3) is 4.69. The molecule has 1 aliphatic heterocycles. The Hall–Kier alpha value is -2.71. The third-order valence-corrected chi connectivity index (χ3v) is 8.43. The van der Waals surface area contributed by atoms with E-state index in [-0.39, 0.29) is 26.6 Å². The number of aromatic nitrogens is 2. The molecule has 0 radical (unpaired) electrons. The number of benzene rings is 2. The van der Waals surface area contributed by atoms with Crippen LogP contribution in [0, 0.1) is 23.8 Å². The zero-order chi connectivity index (χ0) is 27.7. The second-order valence-electron chi connectivity index (χ2n) is 12.5. The summed E-state index contributed by atoms with van der Waals surface area (Å²) in [5.41, 5.74) is 2.99. The topological polar surface area (TPSA) is 25.8 Å². The average molecular weight is 704 g/mol. The van der Waals surface area contributed by atoms with Crippen LogP contribution >= 0.6 is 0 Å². The van der Waals surface area contributed by atoms with Crippen molar-refractivity contribution in [2.45, 2.75) is 77.0 Å². The molecule has 0 unspecified atom stereocenters. The maximum atomic E-state index is 15.5. The minimum atomic E-state index is -0.866. The molecule has 39 heavy (non-hydrogen) atoms. The normalized spacial score (nSPS) is 18.1. The Kier molecular flexibility index (Phi) is 7.31. The first-order chi connectivity index (χ1) is 17.7. The van der Waals surface area contributed by atoms with E-state index in [1.54, 1.807) is 0 Å². The Labute approximate surface area is 245 Å². The Morgan fingerprint density at radius 3 is 1.41 bits per heavy atom. The Morgan fingerprint density at radius 1 is 0.513 bits per heavy atom. The van der Waals surface area contributed by atoms with Crippen molar-refractivity contribution in [3.63, 3.8) is 0 Å². The second kappa shape index (κ2) is 9.73. The van der Waals surface area contributed by atoms with Crippen LogP contribution in [-0.4, -0.2) is 9.97 Å². The van der Waals surface area contributed by atoms with E-state index in [0.717, 1.165) is 34.3 Å². The van der Waals surface area contributed by atoms with Crippen molar-refractivity contribution in [1.29, 1.82) is 0 Å². The van der Waals surface area contributed by atoms with Gasteiger partial charge in [0.25, 0.3) is 0 Å². The summed E-state index contributed by atoms with van der Waals surface area (Å²) in [6.07, 6.45) is 0. The molecular formula is C34H34F2N2Pt. The van der Waals surface area contributed by atoms with Crippen molar-refractivity contribution in [3.05, 3.63) is 129 Å². The molecule has 1 aliphatic rings. The van der Waals surface area contributed by atoms with Gasteiger partial charge in [-0.3, -0.25) is 18.7 Å². The van der Waals surface area contributed by atoms with Gasteiger partial charge < -0.3 is 0 Å². The zero-order valence-corrected chi connectivity index (χ0v) is 26.0. The zero-order valence-electron chi connectivity index (χ0n) is 23.7. The van der Waals surface area contributed by atoms with Crippen molar-refractivity contribution < 1.29 is 29.8 Å². The van der Waals surface area contributed by atoms with Crippen LogP contribution < -0.4 is 0 Å². The summed E-state index contributed by atoms with van der Waals surface area (Å²) in [6.45, 7) is 16.1. The molecule has 5 rings (SSSR count). The fraction of sp³-hybridized carbons (Fsp3) is 0.353. The molecule has 2 aromatic carbocycles. The predicted molar refractivity (Wildman–Crippen MR) is 147 cm³/mol. The van der Waals surface area contributed by atoms with E-state index in [2.05, 4.69) is 39.8 Å². The first-order valence-corrected chi connectivity index (χ1v) is 13.1. The van der Waals surface area contributed by atoms with Crippen LogP contribution in [0.25, 0.3) is 0 Å². The number of pyridine rings is 2. The standard InChI is InChI=1S/C34H34F2N2.Pt/c1-31(2)21-12-9-13-22(18-21)32(3,4)27-14-10-16-29(37-27)34(7,8)30-17-11-15-28(38-30)33(5,6)24-19-23(31)25(35)20-26(24)36;/h9-17,20H,1-8H3;/q-2;+2. The molecule has 0 fully saturated rings. The fourth-order valence-electron chi connectivity index (χ4n) is 5.40. The van der Waals surface area contributed by atoms with Gasteiger partial charge in [0.1, 0.15) is 0 Å². The quantitative estimate of drug-likeness (QED) is 0.174. The first kappa shape index (κ1) is 29.3. The molecule has 0 aliphatic carbocycles. The summed E-state index contributed by atoms with van der Waals surface area (Å²) in [5.74, 6) is -1.25. The molecule has 0 saturated carbocycles. The summed E-state index contributed by atoms with van der Waals surface area (Å²) >= 11 is 0. The minimum Gasteiger partial charge on any atom is -0.284 e. The van der Waals surface area contributed by atoms with Crippen LogP contribution in [0.4, 0.5) is 8.78 Å². The molecule has 204 valence electrons. The van der Waals surface area contributed by atoms with Gasteiger partial charge in [0, 0.05) is 39.3 Å². The third-order valence-electron chi connectivity index (χ3n) is 8.43. The average Bonchev–Trinajstić information content (AvgIpc) is 2.88. The van der Waals surface area contributed by atoms with Crippen LogP contribution in [-0.2, 0) is 42.7 Å². The fourth-order valence-corrected chi connectivity index (χ4v) is 5.40. The number of fused-ring (bicyclic) bond motifs is 8. The molecule has 3 heterocycles. The number of hydrogen-bond acceptors (Lipinski definition) is 2. The molecule has 0 amide bonds.